The van der Waals surface area contributed by atoms with Crippen LogP contribution in [0.15, 0.2) is 22.6 Å². The van der Waals surface area contributed by atoms with E-state index in [1.165, 1.54) is 0 Å². The van der Waals surface area contributed by atoms with E-state index in [9.17, 15) is 9.59 Å². The number of halogens is 1. The second kappa shape index (κ2) is 10.3. The molecule has 2 amide bonds. The number of carboxylic acid groups (broad SMARTS) is 1. The van der Waals surface area contributed by atoms with Crippen molar-refractivity contribution in [3.05, 3.63) is 23.2 Å². The third kappa shape index (κ3) is 5.63. The third-order valence-electron chi connectivity index (χ3n) is 5.26. The zero-order chi connectivity index (χ0) is 21.5. The fourth-order valence-corrected chi connectivity index (χ4v) is 3.98. The average molecular weight is 437 g/mol. The fourth-order valence-electron chi connectivity index (χ4n) is 3.82. The Morgan fingerprint density at radius 2 is 2.17 bits per heavy atom. The van der Waals surface area contributed by atoms with Crippen LogP contribution in [-0.2, 0) is 14.4 Å². The van der Waals surface area contributed by atoms with Crippen molar-refractivity contribution in [3.63, 3.8) is 0 Å². The van der Waals surface area contributed by atoms with E-state index in [-0.39, 0.29) is 24.2 Å². The van der Waals surface area contributed by atoms with Gasteiger partial charge in [-0.3, -0.25) is 14.4 Å². The van der Waals surface area contributed by atoms with E-state index in [1.807, 2.05) is 6.07 Å². The molecule has 0 saturated carbocycles. The second-order valence-corrected chi connectivity index (χ2v) is 7.79. The molecule has 1 aromatic heterocycles. The van der Waals surface area contributed by atoms with E-state index in [0.717, 1.165) is 31.4 Å². The van der Waals surface area contributed by atoms with E-state index in [2.05, 4.69) is 15.2 Å². The van der Waals surface area contributed by atoms with Gasteiger partial charge in [0.15, 0.2) is 5.58 Å². The molecular weight excluding hydrogens is 412 g/mol. The van der Waals surface area contributed by atoms with Crippen molar-refractivity contribution in [2.75, 3.05) is 37.6 Å². The number of nitrogens with zero attached hydrogens (tertiary/aromatic N) is 3. The van der Waals surface area contributed by atoms with Crippen LogP contribution in [0.25, 0.3) is 11.1 Å². The van der Waals surface area contributed by atoms with E-state index in [4.69, 9.17) is 25.9 Å². The molecule has 1 aromatic carbocycles. The van der Waals surface area contributed by atoms with Gasteiger partial charge in [0.2, 0.25) is 11.8 Å². The van der Waals surface area contributed by atoms with Crippen molar-refractivity contribution in [1.29, 1.82) is 0 Å². The van der Waals surface area contributed by atoms with Crippen LogP contribution in [-0.4, -0.2) is 66.0 Å². The molecule has 10 heteroatoms. The maximum Gasteiger partial charge on any atom is 0.298 e. The number of carbonyl (C=O) groups is 3. The van der Waals surface area contributed by atoms with E-state index in [1.54, 1.807) is 17.0 Å². The summed E-state index contributed by atoms with van der Waals surface area (Å²) in [6.07, 6.45) is 2.89. The summed E-state index contributed by atoms with van der Waals surface area (Å²) in [7, 11) is 0. The number of nitrogens with one attached hydrogen (secondary N) is 1. The number of anilines is 1. The van der Waals surface area contributed by atoms with Gasteiger partial charge >= 0.3 is 0 Å². The molecule has 2 N–H and O–H groups in total. The number of amides is 2. The zero-order valence-corrected chi connectivity index (χ0v) is 17.3. The summed E-state index contributed by atoms with van der Waals surface area (Å²) in [4.78, 5) is 41.0. The average Bonchev–Trinajstić information content (AvgIpc) is 3.02. The Hall–Kier alpha value is -2.81. The molecule has 9 nitrogen and oxygen atoms in total. The first-order valence-corrected chi connectivity index (χ1v) is 10.3. The summed E-state index contributed by atoms with van der Waals surface area (Å²) >= 11 is 6.02. The Morgan fingerprint density at radius 3 is 2.97 bits per heavy atom. The first-order chi connectivity index (χ1) is 14.5. The normalized spacial score (nSPS) is 19.5. The van der Waals surface area contributed by atoms with Crippen LogP contribution < -0.4 is 10.2 Å². The highest BCUT2D eigenvalue weighted by molar-refractivity contribution is 6.31. The van der Waals surface area contributed by atoms with Crippen LogP contribution in [0, 0.1) is 5.92 Å². The van der Waals surface area contributed by atoms with Gasteiger partial charge in [0.05, 0.1) is 0 Å². The minimum Gasteiger partial charge on any atom is -0.483 e. The lowest BCUT2D eigenvalue weighted by molar-refractivity contribution is -0.132. The highest BCUT2D eigenvalue weighted by atomic mass is 35.5. The summed E-state index contributed by atoms with van der Waals surface area (Å²) in [6.45, 7) is 3.00. The Kier molecular flexibility index (Phi) is 7.51. The standard InChI is InChI=1S/C19H23ClN4O3.CH2O2/c20-14-3-4-15-16(11-14)27-19(22-15)24-7-1-2-13(12-24)10-18(26)23-8-5-17(25)21-6-9-23;2-1-3/h3-4,11,13H,1-2,5-10,12H2,(H,21,25);1H,(H,2,3). The lowest BCUT2D eigenvalue weighted by atomic mass is 9.94. The second-order valence-electron chi connectivity index (χ2n) is 7.35. The number of fused-ring (bicyclic) bond motifs is 1. The number of benzene rings is 1. The number of rotatable bonds is 3. The minimum atomic E-state index is -0.250. The molecule has 2 fully saturated rings. The predicted octanol–water partition coefficient (Wildman–Crippen LogP) is 2.14. The largest absolute Gasteiger partial charge is 0.483 e. The summed E-state index contributed by atoms with van der Waals surface area (Å²) in [6, 6.07) is 6.01. The summed E-state index contributed by atoms with van der Waals surface area (Å²) in [5.41, 5.74) is 1.46. The maximum absolute atomic E-state index is 12.7. The van der Waals surface area contributed by atoms with Crippen molar-refractivity contribution >= 4 is 47.0 Å². The van der Waals surface area contributed by atoms with Gasteiger partial charge in [-0.15, -0.1) is 0 Å². The Balaban J connectivity index is 0.000000806. The Bertz CT molecular complexity index is 902. The van der Waals surface area contributed by atoms with Crippen LogP contribution in [0.4, 0.5) is 6.01 Å². The molecule has 4 rings (SSSR count). The smallest absolute Gasteiger partial charge is 0.298 e. The van der Waals surface area contributed by atoms with Crippen LogP contribution >= 0.6 is 11.6 Å². The molecule has 30 heavy (non-hydrogen) atoms. The van der Waals surface area contributed by atoms with Crippen molar-refractivity contribution in [3.8, 4) is 0 Å². The molecule has 3 heterocycles. The monoisotopic (exact) mass is 436 g/mol. The number of piperidine rings is 1. The van der Waals surface area contributed by atoms with Crippen molar-refractivity contribution in [2.45, 2.75) is 25.7 Å². The number of aromatic nitrogens is 1. The van der Waals surface area contributed by atoms with Gasteiger partial charge in [0.1, 0.15) is 5.52 Å². The summed E-state index contributed by atoms with van der Waals surface area (Å²) < 4.78 is 5.88. The van der Waals surface area contributed by atoms with Crippen LogP contribution in [0.2, 0.25) is 5.02 Å². The van der Waals surface area contributed by atoms with Crippen LogP contribution in [0.5, 0.6) is 0 Å². The Labute approximate surface area is 179 Å². The van der Waals surface area contributed by atoms with Crippen LogP contribution in [0.1, 0.15) is 25.7 Å². The molecule has 162 valence electrons. The molecule has 0 aliphatic carbocycles. The number of oxazole rings is 1. The molecule has 0 radical (unpaired) electrons. The molecule has 1 unspecified atom stereocenters. The minimum absolute atomic E-state index is 0.0187. The summed E-state index contributed by atoms with van der Waals surface area (Å²) in [5, 5.41) is 10.3. The van der Waals surface area contributed by atoms with Gasteiger partial charge in [-0.1, -0.05) is 11.6 Å². The fraction of sp³-hybridized carbons (Fsp3) is 0.500. The van der Waals surface area contributed by atoms with Crippen molar-refractivity contribution in [2.24, 2.45) is 5.92 Å². The Morgan fingerprint density at radius 1 is 1.37 bits per heavy atom. The van der Waals surface area contributed by atoms with Gasteiger partial charge in [-0.05, 0) is 30.9 Å². The number of carbonyl (C=O) groups excluding carboxylic acids is 2. The van der Waals surface area contributed by atoms with Gasteiger partial charge in [-0.2, -0.15) is 4.98 Å². The van der Waals surface area contributed by atoms with E-state index in [0.29, 0.717) is 49.1 Å². The topological polar surface area (TPSA) is 116 Å². The lowest BCUT2D eigenvalue weighted by Crippen LogP contribution is -2.40. The zero-order valence-electron chi connectivity index (χ0n) is 16.6. The molecule has 2 aliphatic heterocycles. The SMILES string of the molecule is O=C1CCN(C(=O)CC2CCCN(c3nc4ccc(Cl)cc4o3)C2)CCN1.O=CO. The summed E-state index contributed by atoms with van der Waals surface area (Å²) in [5.74, 6) is 0.407. The first kappa shape index (κ1) is 21.9. The quantitative estimate of drug-likeness (QED) is 0.708. The molecular formula is C20H25ClN4O5. The molecule has 2 aliphatic rings. The molecule has 1 atom stereocenters. The van der Waals surface area contributed by atoms with Gasteiger partial charge < -0.3 is 24.6 Å². The van der Waals surface area contributed by atoms with Crippen molar-refractivity contribution in [1.82, 2.24) is 15.2 Å². The molecule has 2 aromatic rings. The molecule has 2 saturated heterocycles. The van der Waals surface area contributed by atoms with E-state index < -0.39 is 0 Å². The number of hydrogen-bond donors (Lipinski definition) is 2. The first-order valence-electron chi connectivity index (χ1n) is 9.93. The van der Waals surface area contributed by atoms with Gasteiger partial charge in [-0.25, -0.2) is 0 Å². The molecule has 0 bridgehead atoms. The van der Waals surface area contributed by atoms with Gasteiger partial charge in [0.25, 0.3) is 12.5 Å². The van der Waals surface area contributed by atoms with E-state index >= 15 is 0 Å². The third-order valence-corrected chi connectivity index (χ3v) is 5.49. The van der Waals surface area contributed by atoms with Gasteiger partial charge in [0, 0.05) is 56.7 Å². The maximum atomic E-state index is 12.7. The highest BCUT2D eigenvalue weighted by Crippen LogP contribution is 2.29. The predicted molar refractivity (Wildman–Crippen MR) is 111 cm³/mol. The van der Waals surface area contributed by atoms with Crippen molar-refractivity contribution < 1.29 is 23.9 Å². The van der Waals surface area contributed by atoms with Crippen LogP contribution in [0.3, 0.4) is 0 Å². The lowest BCUT2D eigenvalue weighted by Gasteiger charge is -2.32. The molecule has 0 spiro atoms. The highest BCUT2D eigenvalue weighted by Gasteiger charge is 2.27. The number of hydrogen-bond acceptors (Lipinski definition) is 6.